The van der Waals surface area contributed by atoms with Gasteiger partial charge in [-0.3, -0.25) is 4.79 Å². The zero-order valence-electron chi connectivity index (χ0n) is 11.9. The number of allylic oxidation sites excluding steroid dienone is 2. The minimum absolute atomic E-state index is 0.000920. The van der Waals surface area contributed by atoms with Gasteiger partial charge in [0.05, 0.1) is 0 Å². The van der Waals surface area contributed by atoms with E-state index < -0.39 is 0 Å². The molecule has 2 aliphatic rings. The van der Waals surface area contributed by atoms with Crippen molar-refractivity contribution in [1.29, 1.82) is 0 Å². The lowest BCUT2D eigenvalue weighted by atomic mass is 9.93. The average Bonchev–Trinajstić information content (AvgIpc) is 3.08. The van der Waals surface area contributed by atoms with Gasteiger partial charge in [-0.15, -0.1) is 0 Å². The van der Waals surface area contributed by atoms with Gasteiger partial charge in [0, 0.05) is 24.3 Å². The van der Waals surface area contributed by atoms with Crippen LogP contribution in [0.25, 0.3) is 0 Å². The van der Waals surface area contributed by atoms with Gasteiger partial charge >= 0.3 is 0 Å². The van der Waals surface area contributed by atoms with Gasteiger partial charge in [-0.25, -0.2) is 0 Å². The Hall–Kier alpha value is -1.77. The topological polar surface area (TPSA) is 41.1 Å². The van der Waals surface area contributed by atoms with Gasteiger partial charge in [-0.05, 0) is 55.7 Å². The summed E-state index contributed by atoms with van der Waals surface area (Å²) >= 11 is 0. The molecule has 106 valence electrons. The Balaban J connectivity index is 1.59. The molecule has 1 fully saturated rings. The molecule has 0 saturated heterocycles. The summed E-state index contributed by atoms with van der Waals surface area (Å²) in [5, 5.41) is 6.33. The van der Waals surface area contributed by atoms with Crippen LogP contribution in [0.3, 0.4) is 0 Å². The fourth-order valence-corrected chi connectivity index (χ4v) is 3.41. The number of benzene rings is 1. The van der Waals surface area contributed by atoms with E-state index in [1.807, 2.05) is 31.2 Å². The molecule has 1 saturated carbocycles. The molecule has 0 aromatic heterocycles. The second kappa shape index (κ2) is 5.70. The van der Waals surface area contributed by atoms with E-state index in [-0.39, 0.29) is 5.91 Å². The largest absolute Gasteiger partial charge is 0.385 e. The number of hydrogen-bond donors (Lipinski definition) is 2. The van der Waals surface area contributed by atoms with Crippen LogP contribution in [0.1, 0.15) is 30.1 Å². The van der Waals surface area contributed by atoms with E-state index in [4.69, 9.17) is 0 Å². The molecule has 3 nitrogen and oxygen atoms in total. The maximum atomic E-state index is 11.8. The maximum absolute atomic E-state index is 11.8. The fourth-order valence-electron chi connectivity index (χ4n) is 3.41. The molecular weight excluding hydrogens is 248 g/mol. The molecule has 1 aromatic carbocycles. The van der Waals surface area contributed by atoms with E-state index >= 15 is 0 Å². The highest BCUT2D eigenvalue weighted by molar-refractivity contribution is 5.95. The summed E-state index contributed by atoms with van der Waals surface area (Å²) in [7, 11) is 0. The van der Waals surface area contributed by atoms with Crippen LogP contribution in [0, 0.1) is 17.8 Å². The van der Waals surface area contributed by atoms with Crippen LogP contribution in [0.4, 0.5) is 5.69 Å². The first-order valence-corrected chi connectivity index (χ1v) is 7.56. The van der Waals surface area contributed by atoms with E-state index in [2.05, 4.69) is 22.8 Å². The first kappa shape index (κ1) is 13.2. The van der Waals surface area contributed by atoms with Crippen LogP contribution in [0.2, 0.25) is 0 Å². The monoisotopic (exact) mass is 270 g/mol. The molecule has 0 heterocycles. The number of anilines is 1. The first-order chi connectivity index (χ1) is 9.76. The lowest BCUT2D eigenvalue weighted by Crippen LogP contribution is -2.23. The summed E-state index contributed by atoms with van der Waals surface area (Å²) in [4.78, 5) is 11.8. The van der Waals surface area contributed by atoms with Crippen molar-refractivity contribution in [3.05, 3.63) is 42.0 Å². The average molecular weight is 270 g/mol. The summed E-state index contributed by atoms with van der Waals surface area (Å²) < 4.78 is 0. The lowest BCUT2D eigenvalue weighted by Gasteiger charge is -2.19. The highest BCUT2D eigenvalue weighted by Crippen LogP contribution is 2.43. The molecule has 2 bridgehead atoms. The van der Waals surface area contributed by atoms with Crippen molar-refractivity contribution in [2.24, 2.45) is 17.8 Å². The second-order valence-corrected chi connectivity index (χ2v) is 5.86. The third kappa shape index (κ3) is 2.72. The van der Waals surface area contributed by atoms with Crippen LogP contribution in [-0.2, 0) is 0 Å². The van der Waals surface area contributed by atoms with Crippen molar-refractivity contribution in [1.82, 2.24) is 5.32 Å². The molecule has 3 heteroatoms. The van der Waals surface area contributed by atoms with Gasteiger partial charge < -0.3 is 10.6 Å². The van der Waals surface area contributed by atoms with Gasteiger partial charge in [0.2, 0.25) is 0 Å². The summed E-state index contributed by atoms with van der Waals surface area (Å²) in [5.41, 5.74) is 1.77. The number of carbonyl (C=O) groups excluding carboxylic acids is 1. The number of carbonyl (C=O) groups is 1. The summed E-state index contributed by atoms with van der Waals surface area (Å²) in [6.07, 6.45) is 7.40. The number of hydrogen-bond acceptors (Lipinski definition) is 2. The van der Waals surface area contributed by atoms with E-state index in [0.717, 1.165) is 35.5 Å². The van der Waals surface area contributed by atoms with Gasteiger partial charge in [-0.1, -0.05) is 18.2 Å². The number of amides is 1. The van der Waals surface area contributed by atoms with E-state index in [9.17, 15) is 4.79 Å². The Morgan fingerprint density at radius 3 is 2.90 bits per heavy atom. The molecule has 1 amide bonds. The standard InChI is InChI=1S/C17H22N2O/c1-2-18-17(20)14-4-3-5-16(10-14)19-11-15-9-12-6-7-13(15)8-12/h3-7,10,12-13,15,19H,2,8-9,11H2,1H3,(H,18,20). The Bertz CT molecular complexity index is 523. The molecule has 2 N–H and O–H groups in total. The van der Waals surface area contributed by atoms with Crippen molar-refractivity contribution in [3.63, 3.8) is 0 Å². The summed E-state index contributed by atoms with van der Waals surface area (Å²) in [6.45, 7) is 3.60. The SMILES string of the molecule is CCNC(=O)c1cccc(NCC2CC3C=CC2C3)c1. The zero-order valence-corrected chi connectivity index (χ0v) is 11.9. The van der Waals surface area contributed by atoms with Gasteiger partial charge in [0.1, 0.15) is 0 Å². The van der Waals surface area contributed by atoms with Crippen molar-refractivity contribution < 1.29 is 4.79 Å². The highest BCUT2D eigenvalue weighted by Gasteiger charge is 2.35. The molecule has 3 atom stereocenters. The van der Waals surface area contributed by atoms with Crippen LogP contribution in [-0.4, -0.2) is 19.0 Å². The normalized spacial score (nSPS) is 26.8. The number of nitrogens with one attached hydrogen (secondary N) is 2. The van der Waals surface area contributed by atoms with Gasteiger partial charge in [-0.2, -0.15) is 0 Å². The number of fused-ring (bicyclic) bond motifs is 2. The third-order valence-corrected chi connectivity index (χ3v) is 4.45. The van der Waals surface area contributed by atoms with Crippen molar-refractivity contribution in [2.75, 3.05) is 18.4 Å². The van der Waals surface area contributed by atoms with Crippen LogP contribution in [0.5, 0.6) is 0 Å². The van der Waals surface area contributed by atoms with Gasteiger partial charge in [0.25, 0.3) is 5.91 Å². The van der Waals surface area contributed by atoms with Crippen molar-refractivity contribution in [3.8, 4) is 0 Å². The van der Waals surface area contributed by atoms with E-state index in [1.165, 1.54) is 12.8 Å². The first-order valence-electron chi connectivity index (χ1n) is 7.56. The molecular formula is C17H22N2O. The second-order valence-electron chi connectivity index (χ2n) is 5.86. The summed E-state index contributed by atoms with van der Waals surface area (Å²) in [5.74, 6) is 2.32. The predicted molar refractivity (Wildman–Crippen MR) is 81.8 cm³/mol. The molecule has 0 spiro atoms. The Morgan fingerprint density at radius 1 is 1.30 bits per heavy atom. The smallest absolute Gasteiger partial charge is 0.251 e. The van der Waals surface area contributed by atoms with Crippen molar-refractivity contribution in [2.45, 2.75) is 19.8 Å². The Labute approximate surface area is 120 Å². The van der Waals surface area contributed by atoms with Crippen LogP contribution < -0.4 is 10.6 Å². The highest BCUT2D eigenvalue weighted by atomic mass is 16.1. The molecule has 1 aromatic rings. The number of rotatable bonds is 5. The molecule has 2 aliphatic carbocycles. The van der Waals surface area contributed by atoms with E-state index in [1.54, 1.807) is 0 Å². The lowest BCUT2D eigenvalue weighted by molar-refractivity contribution is 0.0956. The Morgan fingerprint density at radius 2 is 2.20 bits per heavy atom. The minimum Gasteiger partial charge on any atom is -0.385 e. The Kier molecular flexibility index (Phi) is 3.77. The van der Waals surface area contributed by atoms with Crippen LogP contribution in [0.15, 0.2) is 36.4 Å². The van der Waals surface area contributed by atoms with Crippen molar-refractivity contribution >= 4 is 11.6 Å². The van der Waals surface area contributed by atoms with Gasteiger partial charge in [0.15, 0.2) is 0 Å². The quantitative estimate of drug-likeness (QED) is 0.807. The summed E-state index contributed by atoms with van der Waals surface area (Å²) in [6, 6.07) is 7.77. The molecule has 3 rings (SSSR count). The van der Waals surface area contributed by atoms with Crippen LogP contribution >= 0.6 is 0 Å². The predicted octanol–water partition coefficient (Wildman–Crippen LogP) is 3.06. The fraction of sp³-hybridized carbons (Fsp3) is 0.471. The molecule has 20 heavy (non-hydrogen) atoms. The minimum atomic E-state index is -0.000920. The molecule has 0 aliphatic heterocycles. The zero-order chi connectivity index (χ0) is 13.9. The van der Waals surface area contributed by atoms with E-state index in [0.29, 0.717) is 6.54 Å². The molecule has 0 radical (unpaired) electrons. The maximum Gasteiger partial charge on any atom is 0.251 e. The third-order valence-electron chi connectivity index (χ3n) is 4.45. The molecule has 3 unspecified atom stereocenters.